The van der Waals surface area contributed by atoms with Crippen LogP contribution in [0.1, 0.15) is 35.7 Å². The number of nitro groups is 1. The highest BCUT2D eigenvalue weighted by molar-refractivity contribution is 6.32. The van der Waals surface area contributed by atoms with E-state index < -0.39 is 28.6 Å². The number of esters is 1. The highest BCUT2D eigenvalue weighted by Gasteiger charge is 2.22. The smallest absolute Gasteiger partial charge is 0.339 e. The number of nitrogens with one attached hydrogen (secondary N) is 1. The molecular formula is C19H19ClN2O5. The van der Waals surface area contributed by atoms with E-state index in [2.05, 4.69) is 5.32 Å². The lowest BCUT2D eigenvalue weighted by Gasteiger charge is -2.16. The van der Waals surface area contributed by atoms with Gasteiger partial charge in [-0.1, -0.05) is 48.9 Å². The molecule has 0 saturated carbocycles. The minimum Gasteiger partial charge on any atom is -0.449 e. The standard InChI is InChI=1S/C19H19ClN2O5/c1-12(14-6-4-3-5-7-14)11-21-18(23)13(2)27-19(24)15-8-9-16(20)17(10-15)22(25)26/h3-10,12-13H,11H2,1-2H3,(H,21,23)/t12-,13+/m0/s1. The maximum absolute atomic E-state index is 12.2. The Balaban J connectivity index is 1.93. The number of carbonyl (C=O) groups is 2. The van der Waals surface area contributed by atoms with Crippen molar-refractivity contribution in [2.45, 2.75) is 25.9 Å². The van der Waals surface area contributed by atoms with Crippen LogP contribution in [-0.2, 0) is 9.53 Å². The number of ether oxygens (including phenoxy) is 1. The van der Waals surface area contributed by atoms with Gasteiger partial charge in [0.1, 0.15) is 5.02 Å². The number of hydrogen-bond donors (Lipinski definition) is 1. The summed E-state index contributed by atoms with van der Waals surface area (Å²) in [6, 6.07) is 13.3. The normalized spacial score (nSPS) is 12.7. The number of nitro benzene ring substituents is 1. The van der Waals surface area contributed by atoms with Gasteiger partial charge < -0.3 is 10.1 Å². The summed E-state index contributed by atoms with van der Waals surface area (Å²) in [4.78, 5) is 34.5. The van der Waals surface area contributed by atoms with E-state index in [0.717, 1.165) is 11.6 Å². The van der Waals surface area contributed by atoms with Crippen LogP contribution in [0.25, 0.3) is 0 Å². The van der Waals surface area contributed by atoms with Gasteiger partial charge in [0, 0.05) is 12.6 Å². The van der Waals surface area contributed by atoms with Gasteiger partial charge >= 0.3 is 5.97 Å². The number of rotatable bonds is 7. The summed E-state index contributed by atoms with van der Waals surface area (Å²) < 4.78 is 5.09. The Morgan fingerprint density at radius 3 is 2.48 bits per heavy atom. The minimum atomic E-state index is -1.05. The second kappa shape index (κ2) is 9.14. The monoisotopic (exact) mass is 390 g/mol. The Morgan fingerprint density at radius 2 is 1.85 bits per heavy atom. The third-order valence-corrected chi connectivity index (χ3v) is 4.30. The summed E-state index contributed by atoms with van der Waals surface area (Å²) in [7, 11) is 0. The van der Waals surface area contributed by atoms with Crippen molar-refractivity contribution in [3.05, 3.63) is 74.8 Å². The summed E-state index contributed by atoms with van der Waals surface area (Å²) in [6.07, 6.45) is -1.05. The zero-order chi connectivity index (χ0) is 20.0. The highest BCUT2D eigenvalue weighted by Crippen LogP contribution is 2.25. The second-order valence-electron chi connectivity index (χ2n) is 6.03. The number of benzene rings is 2. The minimum absolute atomic E-state index is 0.0524. The van der Waals surface area contributed by atoms with Crippen LogP contribution < -0.4 is 5.32 Å². The summed E-state index contributed by atoms with van der Waals surface area (Å²) >= 11 is 5.72. The molecular weight excluding hydrogens is 372 g/mol. The Morgan fingerprint density at radius 1 is 1.19 bits per heavy atom. The zero-order valence-electron chi connectivity index (χ0n) is 14.8. The fourth-order valence-corrected chi connectivity index (χ4v) is 2.55. The van der Waals surface area contributed by atoms with Crippen LogP contribution >= 0.6 is 11.6 Å². The van der Waals surface area contributed by atoms with Crippen LogP contribution in [0.15, 0.2) is 48.5 Å². The predicted molar refractivity (Wildman–Crippen MR) is 101 cm³/mol. The maximum Gasteiger partial charge on any atom is 0.339 e. The van der Waals surface area contributed by atoms with Gasteiger partial charge in [0.25, 0.3) is 11.6 Å². The molecule has 2 aromatic carbocycles. The molecule has 1 N–H and O–H groups in total. The third kappa shape index (κ3) is 5.52. The van der Waals surface area contributed by atoms with E-state index in [1.807, 2.05) is 37.3 Å². The third-order valence-electron chi connectivity index (χ3n) is 3.98. The van der Waals surface area contributed by atoms with Gasteiger partial charge in [0.15, 0.2) is 6.10 Å². The van der Waals surface area contributed by atoms with E-state index in [1.54, 1.807) is 0 Å². The molecule has 2 atom stereocenters. The van der Waals surface area contributed by atoms with Gasteiger partial charge in [-0.2, -0.15) is 0 Å². The molecule has 0 bridgehead atoms. The van der Waals surface area contributed by atoms with Crippen molar-refractivity contribution in [2.75, 3.05) is 6.54 Å². The average molecular weight is 391 g/mol. The molecule has 27 heavy (non-hydrogen) atoms. The van der Waals surface area contributed by atoms with Crippen LogP contribution in [0.5, 0.6) is 0 Å². The molecule has 0 spiro atoms. The highest BCUT2D eigenvalue weighted by atomic mass is 35.5. The van der Waals surface area contributed by atoms with E-state index in [9.17, 15) is 19.7 Å². The largest absolute Gasteiger partial charge is 0.449 e. The molecule has 0 aromatic heterocycles. The zero-order valence-corrected chi connectivity index (χ0v) is 15.6. The average Bonchev–Trinajstić information content (AvgIpc) is 2.66. The van der Waals surface area contributed by atoms with E-state index >= 15 is 0 Å². The van der Waals surface area contributed by atoms with Gasteiger partial charge in [-0.3, -0.25) is 14.9 Å². The van der Waals surface area contributed by atoms with Crippen molar-refractivity contribution in [2.24, 2.45) is 0 Å². The van der Waals surface area contributed by atoms with Crippen LogP contribution in [0, 0.1) is 10.1 Å². The Kier molecular flexibility index (Phi) is 6.90. The van der Waals surface area contributed by atoms with Crippen LogP contribution in [0.2, 0.25) is 5.02 Å². The quantitative estimate of drug-likeness (QED) is 0.441. The van der Waals surface area contributed by atoms with Crippen molar-refractivity contribution in [1.29, 1.82) is 0 Å². The predicted octanol–water partition coefficient (Wildman–Crippen LogP) is 3.71. The molecule has 2 aromatic rings. The Hall–Kier alpha value is -2.93. The summed E-state index contributed by atoms with van der Waals surface area (Å²) in [5, 5.41) is 13.5. The molecule has 142 valence electrons. The summed E-state index contributed by atoms with van der Waals surface area (Å²) in [5.41, 5.74) is 0.624. The number of amides is 1. The van der Waals surface area contributed by atoms with Gasteiger partial charge in [0.2, 0.25) is 0 Å². The molecule has 2 rings (SSSR count). The first-order chi connectivity index (χ1) is 12.8. The van der Waals surface area contributed by atoms with Gasteiger partial charge in [0.05, 0.1) is 10.5 Å². The first-order valence-corrected chi connectivity index (χ1v) is 8.65. The topological polar surface area (TPSA) is 98.5 Å². The molecule has 1 amide bonds. The van der Waals surface area contributed by atoms with Crippen molar-refractivity contribution < 1.29 is 19.2 Å². The van der Waals surface area contributed by atoms with Gasteiger partial charge in [-0.05, 0) is 30.5 Å². The molecule has 0 aliphatic carbocycles. The molecule has 0 fully saturated rings. The Bertz CT molecular complexity index is 841. The lowest BCUT2D eigenvalue weighted by Crippen LogP contribution is -2.37. The van der Waals surface area contributed by atoms with Gasteiger partial charge in [-0.25, -0.2) is 4.79 Å². The molecule has 0 radical (unpaired) electrons. The molecule has 0 unspecified atom stereocenters. The Labute approximate surface area is 161 Å². The van der Waals surface area contributed by atoms with E-state index in [0.29, 0.717) is 6.54 Å². The molecule has 0 saturated heterocycles. The first-order valence-electron chi connectivity index (χ1n) is 8.27. The molecule has 0 heterocycles. The van der Waals surface area contributed by atoms with Crippen molar-refractivity contribution in [3.8, 4) is 0 Å². The van der Waals surface area contributed by atoms with E-state index in [4.69, 9.17) is 16.3 Å². The van der Waals surface area contributed by atoms with Crippen LogP contribution in [-0.4, -0.2) is 29.4 Å². The van der Waals surface area contributed by atoms with Crippen LogP contribution in [0.3, 0.4) is 0 Å². The fraction of sp³-hybridized carbons (Fsp3) is 0.263. The SMILES string of the molecule is C[C@@H](OC(=O)c1ccc(Cl)c([N+](=O)[O-])c1)C(=O)NC[C@H](C)c1ccccc1. The van der Waals surface area contributed by atoms with Crippen LogP contribution in [0.4, 0.5) is 5.69 Å². The summed E-state index contributed by atoms with van der Waals surface area (Å²) in [5.74, 6) is -1.19. The number of nitrogens with zero attached hydrogens (tertiary/aromatic N) is 1. The summed E-state index contributed by atoms with van der Waals surface area (Å²) in [6.45, 7) is 3.79. The van der Waals surface area contributed by atoms with E-state index in [-0.39, 0.29) is 16.5 Å². The first kappa shape index (κ1) is 20.4. The lowest BCUT2D eigenvalue weighted by atomic mass is 10.0. The fourth-order valence-electron chi connectivity index (χ4n) is 2.36. The molecule has 0 aliphatic rings. The number of hydrogen-bond acceptors (Lipinski definition) is 5. The van der Waals surface area contributed by atoms with Crippen molar-refractivity contribution in [3.63, 3.8) is 0 Å². The molecule has 7 nitrogen and oxygen atoms in total. The van der Waals surface area contributed by atoms with E-state index in [1.165, 1.54) is 19.1 Å². The lowest BCUT2D eigenvalue weighted by molar-refractivity contribution is -0.384. The van der Waals surface area contributed by atoms with Gasteiger partial charge in [-0.15, -0.1) is 0 Å². The van der Waals surface area contributed by atoms with Crippen molar-refractivity contribution >= 4 is 29.2 Å². The second-order valence-corrected chi connectivity index (χ2v) is 6.43. The number of carbonyl (C=O) groups excluding carboxylic acids is 2. The maximum atomic E-state index is 12.2. The van der Waals surface area contributed by atoms with Crippen molar-refractivity contribution in [1.82, 2.24) is 5.32 Å². The molecule has 0 aliphatic heterocycles. The number of halogens is 1. The molecule has 8 heteroatoms.